The fraction of sp³-hybridized carbons (Fsp3) is 0.133. The molecule has 5 nitrogen and oxygen atoms in total. The summed E-state index contributed by atoms with van der Waals surface area (Å²) >= 11 is 0. The standard InChI is InChI=1S/C15H12FNO4/c1-10(18)13-4-2-3-5-15(13)21-9-11-8-12(16)6-7-14(11)17(19)20/h2-8H,9H2,1H3. The third-order valence-corrected chi connectivity index (χ3v) is 2.89. The van der Waals surface area contributed by atoms with Gasteiger partial charge < -0.3 is 4.74 Å². The van der Waals surface area contributed by atoms with Crippen LogP contribution in [0, 0.1) is 15.9 Å². The SMILES string of the molecule is CC(=O)c1ccccc1OCc1cc(F)ccc1[N+](=O)[O-]. The number of Topliss-reactive ketones (excluding diaryl/α,β-unsaturated/α-hetero) is 1. The molecule has 0 aliphatic carbocycles. The molecule has 0 unspecified atom stereocenters. The summed E-state index contributed by atoms with van der Waals surface area (Å²) in [5, 5.41) is 10.9. The Labute approximate surface area is 120 Å². The highest BCUT2D eigenvalue weighted by molar-refractivity contribution is 5.96. The normalized spacial score (nSPS) is 10.2. The van der Waals surface area contributed by atoms with Gasteiger partial charge >= 0.3 is 0 Å². The molecule has 0 bridgehead atoms. The van der Waals surface area contributed by atoms with Crippen molar-refractivity contribution in [1.29, 1.82) is 0 Å². The number of carbonyl (C=O) groups is 1. The van der Waals surface area contributed by atoms with Crippen LogP contribution in [0.1, 0.15) is 22.8 Å². The van der Waals surface area contributed by atoms with Crippen molar-refractivity contribution in [2.24, 2.45) is 0 Å². The Hall–Kier alpha value is -2.76. The lowest BCUT2D eigenvalue weighted by Gasteiger charge is -2.10. The molecule has 6 heteroatoms. The number of hydrogen-bond donors (Lipinski definition) is 0. The highest BCUT2D eigenvalue weighted by Crippen LogP contribution is 2.24. The Morgan fingerprint density at radius 3 is 2.67 bits per heavy atom. The maximum absolute atomic E-state index is 13.2. The van der Waals surface area contributed by atoms with Crippen molar-refractivity contribution < 1.29 is 18.8 Å². The van der Waals surface area contributed by atoms with Gasteiger partial charge in [-0.3, -0.25) is 14.9 Å². The molecule has 21 heavy (non-hydrogen) atoms. The molecule has 2 rings (SSSR count). The number of nitro benzene ring substituents is 1. The number of carbonyl (C=O) groups excluding carboxylic acids is 1. The highest BCUT2D eigenvalue weighted by atomic mass is 19.1. The summed E-state index contributed by atoms with van der Waals surface area (Å²) in [5.41, 5.74) is 0.256. The molecule has 0 aliphatic heterocycles. The lowest BCUT2D eigenvalue weighted by atomic mass is 10.1. The first-order valence-corrected chi connectivity index (χ1v) is 6.14. The predicted molar refractivity (Wildman–Crippen MR) is 73.8 cm³/mol. The lowest BCUT2D eigenvalue weighted by Crippen LogP contribution is -2.04. The van der Waals surface area contributed by atoms with Gasteiger partial charge in [0, 0.05) is 6.07 Å². The zero-order valence-electron chi connectivity index (χ0n) is 11.2. The van der Waals surface area contributed by atoms with E-state index in [1.165, 1.54) is 6.92 Å². The van der Waals surface area contributed by atoms with Crippen LogP contribution in [0.4, 0.5) is 10.1 Å². The fourth-order valence-corrected chi connectivity index (χ4v) is 1.89. The summed E-state index contributed by atoms with van der Waals surface area (Å²) in [7, 11) is 0. The van der Waals surface area contributed by atoms with Crippen LogP contribution in [0.5, 0.6) is 5.75 Å². The second kappa shape index (κ2) is 6.13. The van der Waals surface area contributed by atoms with Crippen molar-refractivity contribution in [1.82, 2.24) is 0 Å². The Morgan fingerprint density at radius 2 is 2.00 bits per heavy atom. The van der Waals surface area contributed by atoms with Gasteiger partial charge in [-0.05, 0) is 31.2 Å². The summed E-state index contributed by atoms with van der Waals surface area (Å²) < 4.78 is 18.6. The molecule has 0 saturated carbocycles. The van der Waals surface area contributed by atoms with Gasteiger partial charge in [0.05, 0.1) is 16.1 Å². The molecule has 2 aromatic carbocycles. The zero-order chi connectivity index (χ0) is 15.4. The quantitative estimate of drug-likeness (QED) is 0.480. The van der Waals surface area contributed by atoms with Crippen LogP contribution >= 0.6 is 0 Å². The van der Waals surface area contributed by atoms with Crippen molar-refractivity contribution in [2.75, 3.05) is 0 Å². The summed E-state index contributed by atoms with van der Waals surface area (Å²) in [4.78, 5) is 21.7. The molecule has 0 heterocycles. The van der Waals surface area contributed by atoms with E-state index in [1.807, 2.05) is 0 Å². The first-order valence-electron chi connectivity index (χ1n) is 6.14. The zero-order valence-corrected chi connectivity index (χ0v) is 11.2. The van der Waals surface area contributed by atoms with Gasteiger partial charge in [-0.2, -0.15) is 0 Å². The molecular formula is C15H12FNO4. The van der Waals surface area contributed by atoms with E-state index in [9.17, 15) is 19.3 Å². The van der Waals surface area contributed by atoms with Crippen LogP contribution in [0.25, 0.3) is 0 Å². The van der Waals surface area contributed by atoms with Crippen LogP contribution in [0.15, 0.2) is 42.5 Å². The van der Waals surface area contributed by atoms with Gasteiger partial charge in [-0.25, -0.2) is 4.39 Å². The van der Waals surface area contributed by atoms with Gasteiger partial charge in [0.1, 0.15) is 18.2 Å². The minimum absolute atomic E-state index is 0.110. The summed E-state index contributed by atoms with van der Waals surface area (Å²) in [6, 6.07) is 9.71. The minimum atomic E-state index is -0.602. The van der Waals surface area contributed by atoms with E-state index >= 15 is 0 Å². The maximum Gasteiger partial charge on any atom is 0.276 e. The number of nitrogens with zero attached hydrogens (tertiary/aromatic N) is 1. The number of halogens is 1. The Kier molecular flexibility index (Phi) is 4.27. The van der Waals surface area contributed by atoms with E-state index in [2.05, 4.69) is 0 Å². The lowest BCUT2D eigenvalue weighted by molar-refractivity contribution is -0.385. The fourth-order valence-electron chi connectivity index (χ4n) is 1.89. The van der Waals surface area contributed by atoms with Crippen molar-refractivity contribution in [3.63, 3.8) is 0 Å². The second-order valence-electron chi connectivity index (χ2n) is 4.37. The molecule has 0 aliphatic rings. The van der Waals surface area contributed by atoms with Gasteiger partial charge in [0.15, 0.2) is 5.78 Å². The van der Waals surface area contributed by atoms with Gasteiger partial charge in [-0.15, -0.1) is 0 Å². The number of nitro groups is 1. The van der Waals surface area contributed by atoms with E-state index in [0.717, 1.165) is 18.2 Å². The molecule has 0 atom stereocenters. The molecule has 0 radical (unpaired) electrons. The molecular weight excluding hydrogens is 277 g/mol. The monoisotopic (exact) mass is 289 g/mol. The molecule has 2 aromatic rings. The number of rotatable bonds is 5. The molecule has 0 spiro atoms. The van der Waals surface area contributed by atoms with E-state index in [-0.39, 0.29) is 23.6 Å². The molecule has 108 valence electrons. The van der Waals surface area contributed by atoms with Crippen molar-refractivity contribution in [3.8, 4) is 5.75 Å². The van der Waals surface area contributed by atoms with Crippen LogP contribution in [-0.4, -0.2) is 10.7 Å². The molecule has 0 fully saturated rings. The van der Waals surface area contributed by atoms with Gasteiger partial charge in [-0.1, -0.05) is 12.1 Å². The maximum atomic E-state index is 13.2. The smallest absolute Gasteiger partial charge is 0.276 e. The first-order chi connectivity index (χ1) is 9.99. The molecule has 0 saturated heterocycles. The third-order valence-electron chi connectivity index (χ3n) is 2.89. The predicted octanol–water partition coefficient (Wildman–Crippen LogP) is 3.52. The van der Waals surface area contributed by atoms with E-state index in [4.69, 9.17) is 4.74 Å². The molecule has 0 aromatic heterocycles. The average Bonchev–Trinajstić information content (AvgIpc) is 2.45. The average molecular weight is 289 g/mol. The Balaban J connectivity index is 2.27. The van der Waals surface area contributed by atoms with E-state index in [0.29, 0.717) is 11.3 Å². The van der Waals surface area contributed by atoms with Gasteiger partial charge in [0.25, 0.3) is 5.69 Å². The number of hydrogen-bond acceptors (Lipinski definition) is 4. The summed E-state index contributed by atoms with van der Waals surface area (Å²) in [6.07, 6.45) is 0. The van der Waals surface area contributed by atoms with Crippen LogP contribution in [-0.2, 0) is 6.61 Å². The summed E-state index contributed by atoms with van der Waals surface area (Å²) in [6.45, 7) is 1.20. The summed E-state index contributed by atoms with van der Waals surface area (Å²) in [5.74, 6) is -0.457. The largest absolute Gasteiger partial charge is 0.488 e. The number of ketones is 1. The van der Waals surface area contributed by atoms with Crippen molar-refractivity contribution >= 4 is 11.5 Å². The highest BCUT2D eigenvalue weighted by Gasteiger charge is 2.16. The van der Waals surface area contributed by atoms with Crippen LogP contribution < -0.4 is 4.74 Å². The first kappa shape index (κ1) is 14.6. The topological polar surface area (TPSA) is 69.4 Å². The van der Waals surface area contributed by atoms with E-state index in [1.54, 1.807) is 24.3 Å². The molecule has 0 N–H and O–H groups in total. The minimum Gasteiger partial charge on any atom is -0.488 e. The number of para-hydroxylation sites is 1. The van der Waals surface area contributed by atoms with Gasteiger partial charge in [0.2, 0.25) is 0 Å². The van der Waals surface area contributed by atoms with Crippen LogP contribution in [0.3, 0.4) is 0 Å². The van der Waals surface area contributed by atoms with E-state index < -0.39 is 10.7 Å². The van der Waals surface area contributed by atoms with Crippen molar-refractivity contribution in [3.05, 3.63) is 69.5 Å². The number of benzene rings is 2. The Morgan fingerprint density at radius 1 is 1.29 bits per heavy atom. The van der Waals surface area contributed by atoms with Crippen LogP contribution in [0.2, 0.25) is 0 Å². The number of ether oxygens (including phenoxy) is 1. The second-order valence-corrected chi connectivity index (χ2v) is 4.37. The van der Waals surface area contributed by atoms with Crippen molar-refractivity contribution in [2.45, 2.75) is 13.5 Å². The molecule has 0 amide bonds. The Bertz CT molecular complexity index is 700. The third kappa shape index (κ3) is 3.42.